The zero-order valence-electron chi connectivity index (χ0n) is 9.83. The van der Waals surface area contributed by atoms with Gasteiger partial charge in [-0.15, -0.1) is 11.3 Å². The van der Waals surface area contributed by atoms with Gasteiger partial charge in [0.2, 0.25) is 0 Å². The minimum absolute atomic E-state index is 0.229. The first-order valence-electron chi connectivity index (χ1n) is 5.34. The zero-order valence-corrected chi connectivity index (χ0v) is 11.5. The number of anilines is 1. The molecule has 2 heterocycles. The standard InChI is InChI=1S/C12H11N3O2S2/c13-8-2-5-10-4-1-6-11(14-10)15-19(16,17)12-7-3-9-18-12/h1,3-4,6-7,9H,8,13H2,(H,14,15). The van der Waals surface area contributed by atoms with Crippen molar-refractivity contribution in [3.05, 3.63) is 41.4 Å². The molecule has 0 radical (unpaired) electrons. The Morgan fingerprint density at radius 1 is 1.32 bits per heavy atom. The molecule has 0 aliphatic heterocycles. The first-order valence-corrected chi connectivity index (χ1v) is 7.70. The lowest BCUT2D eigenvalue weighted by molar-refractivity contribution is 0.603. The van der Waals surface area contributed by atoms with Crippen molar-refractivity contribution >= 4 is 27.2 Å². The van der Waals surface area contributed by atoms with Crippen LogP contribution in [-0.2, 0) is 10.0 Å². The Hall–Kier alpha value is -1.88. The Labute approximate surface area is 115 Å². The Morgan fingerprint density at radius 3 is 2.84 bits per heavy atom. The quantitative estimate of drug-likeness (QED) is 0.834. The maximum absolute atomic E-state index is 12.0. The fourth-order valence-electron chi connectivity index (χ4n) is 1.31. The Balaban J connectivity index is 2.25. The highest BCUT2D eigenvalue weighted by Crippen LogP contribution is 2.19. The van der Waals surface area contributed by atoms with Gasteiger partial charge < -0.3 is 5.73 Å². The SMILES string of the molecule is NCC#Cc1cccc(NS(=O)(=O)c2cccs2)n1. The fraction of sp³-hybridized carbons (Fsp3) is 0.0833. The van der Waals surface area contributed by atoms with Gasteiger partial charge in [-0.2, -0.15) is 0 Å². The smallest absolute Gasteiger partial charge is 0.272 e. The van der Waals surface area contributed by atoms with Crippen LogP contribution >= 0.6 is 11.3 Å². The molecule has 0 bridgehead atoms. The number of sulfonamides is 1. The van der Waals surface area contributed by atoms with E-state index in [9.17, 15) is 8.42 Å². The third-order valence-corrected chi connectivity index (χ3v) is 4.82. The van der Waals surface area contributed by atoms with Gasteiger partial charge in [0.25, 0.3) is 10.0 Å². The monoisotopic (exact) mass is 293 g/mol. The number of nitrogens with two attached hydrogens (primary N) is 1. The van der Waals surface area contributed by atoms with E-state index in [1.807, 2.05) is 0 Å². The number of thiophene rings is 1. The lowest BCUT2D eigenvalue weighted by atomic mass is 10.3. The molecule has 0 aliphatic carbocycles. The van der Waals surface area contributed by atoms with Crippen LogP contribution in [0, 0.1) is 11.8 Å². The van der Waals surface area contributed by atoms with E-state index in [0.29, 0.717) is 5.69 Å². The second-order valence-electron chi connectivity index (χ2n) is 3.45. The summed E-state index contributed by atoms with van der Waals surface area (Å²) in [7, 11) is -3.57. The van der Waals surface area contributed by atoms with E-state index < -0.39 is 10.0 Å². The molecule has 0 aliphatic rings. The molecule has 3 N–H and O–H groups in total. The van der Waals surface area contributed by atoms with E-state index in [-0.39, 0.29) is 16.6 Å². The lowest BCUT2D eigenvalue weighted by Crippen LogP contribution is -2.12. The molecule has 19 heavy (non-hydrogen) atoms. The second kappa shape index (κ2) is 5.84. The summed E-state index contributed by atoms with van der Waals surface area (Å²) < 4.78 is 26.6. The molecule has 0 atom stereocenters. The van der Waals surface area contributed by atoms with Crippen LogP contribution in [0.1, 0.15) is 5.69 Å². The highest BCUT2D eigenvalue weighted by atomic mass is 32.2. The maximum atomic E-state index is 12.0. The van der Waals surface area contributed by atoms with Gasteiger partial charge in [-0.25, -0.2) is 13.4 Å². The van der Waals surface area contributed by atoms with E-state index in [4.69, 9.17) is 5.73 Å². The van der Waals surface area contributed by atoms with E-state index in [2.05, 4.69) is 21.5 Å². The van der Waals surface area contributed by atoms with Crippen molar-refractivity contribution < 1.29 is 8.42 Å². The Kier molecular flexibility index (Phi) is 4.16. The van der Waals surface area contributed by atoms with Crippen molar-refractivity contribution in [2.24, 2.45) is 5.73 Å². The minimum Gasteiger partial charge on any atom is -0.320 e. The summed E-state index contributed by atoms with van der Waals surface area (Å²) in [4.78, 5) is 4.09. The fourth-order valence-corrected chi connectivity index (χ4v) is 3.30. The number of pyridine rings is 1. The molecule has 2 aromatic rings. The number of rotatable bonds is 3. The van der Waals surface area contributed by atoms with Gasteiger partial charge in [-0.3, -0.25) is 4.72 Å². The van der Waals surface area contributed by atoms with Crippen LogP contribution < -0.4 is 10.5 Å². The van der Waals surface area contributed by atoms with Crippen LogP contribution in [-0.4, -0.2) is 19.9 Å². The normalized spacial score (nSPS) is 10.6. The number of nitrogens with one attached hydrogen (secondary N) is 1. The predicted octanol–water partition coefficient (Wildman–Crippen LogP) is 1.25. The van der Waals surface area contributed by atoms with Crippen molar-refractivity contribution in [2.45, 2.75) is 4.21 Å². The van der Waals surface area contributed by atoms with E-state index in [0.717, 1.165) is 11.3 Å². The molecule has 2 rings (SSSR count). The Morgan fingerprint density at radius 2 is 2.16 bits per heavy atom. The summed E-state index contributed by atoms with van der Waals surface area (Å²) in [5, 5.41) is 1.70. The predicted molar refractivity (Wildman–Crippen MR) is 75.3 cm³/mol. The Bertz CT molecular complexity index is 713. The van der Waals surface area contributed by atoms with Crippen LogP contribution in [0.5, 0.6) is 0 Å². The molecule has 0 spiro atoms. The van der Waals surface area contributed by atoms with Crippen molar-refractivity contribution in [3.8, 4) is 11.8 Å². The highest BCUT2D eigenvalue weighted by Gasteiger charge is 2.15. The molecule has 0 fully saturated rings. The summed E-state index contributed by atoms with van der Waals surface area (Å²) in [6.07, 6.45) is 0. The van der Waals surface area contributed by atoms with Gasteiger partial charge in [0.15, 0.2) is 0 Å². The first-order chi connectivity index (χ1) is 9.12. The lowest BCUT2D eigenvalue weighted by Gasteiger charge is -2.05. The number of hydrogen-bond acceptors (Lipinski definition) is 5. The molecular weight excluding hydrogens is 282 g/mol. The molecule has 0 aromatic carbocycles. The topological polar surface area (TPSA) is 85.1 Å². The highest BCUT2D eigenvalue weighted by molar-refractivity contribution is 7.94. The van der Waals surface area contributed by atoms with Gasteiger partial charge in [0, 0.05) is 0 Å². The van der Waals surface area contributed by atoms with Gasteiger partial charge in [-0.05, 0) is 29.5 Å². The molecule has 0 saturated heterocycles. The molecule has 0 amide bonds. The summed E-state index contributed by atoms with van der Waals surface area (Å²) in [6.45, 7) is 0.229. The van der Waals surface area contributed by atoms with Crippen LogP contribution in [0.2, 0.25) is 0 Å². The molecular formula is C12H11N3O2S2. The summed E-state index contributed by atoms with van der Waals surface area (Å²) >= 11 is 1.14. The van der Waals surface area contributed by atoms with Gasteiger partial charge in [-0.1, -0.05) is 18.1 Å². The van der Waals surface area contributed by atoms with Crippen LogP contribution in [0.4, 0.5) is 5.82 Å². The summed E-state index contributed by atoms with van der Waals surface area (Å²) in [5.74, 6) is 5.64. The summed E-state index contributed by atoms with van der Waals surface area (Å²) in [6, 6.07) is 8.14. The van der Waals surface area contributed by atoms with Crippen LogP contribution in [0.3, 0.4) is 0 Å². The third kappa shape index (κ3) is 3.54. The molecule has 98 valence electrons. The summed E-state index contributed by atoms with van der Waals surface area (Å²) in [5.41, 5.74) is 5.74. The van der Waals surface area contributed by atoms with E-state index >= 15 is 0 Å². The van der Waals surface area contributed by atoms with Crippen molar-refractivity contribution in [1.82, 2.24) is 4.98 Å². The molecule has 7 heteroatoms. The molecule has 0 unspecified atom stereocenters. The minimum atomic E-state index is -3.57. The zero-order chi connectivity index (χ0) is 13.7. The van der Waals surface area contributed by atoms with Crippen molar-refractivity contribution in [1.29, 1.82) is 0 Å². The molecule has 5 nitrogen and oxygen atoms in total. The van der Waals surface area contributed by atoms with Gasteiger partial charge in [0.1, 0.15) is 15.7 Å². The second-order valence-corrected chi connectivity index (χ2v) is 6.31. The molecule has 2 aromatic heterocycles. The average Bonchev–Trinajstić information content (AvgIpc) is 2.91. The number of nitrogens with zero attached hydrogens (tertiary/aromatic N) is 1. The maximum Gasteiger partial charge on any atom is 0.272 e. The number of hydrogen-bond donors (Lipinski definition) is 2. The van der Waals surface area contributed by atoms with E-state index in [1.54, 1.807) is 29.6 Å². The first kappa shape index (κ1) is 13.5. The van der Waals surface area contributed by atoms with Gasteiger partial charge in [0.05, 0.1) is 6.54 Å². The van der Waals surface area contributed by atoms with E-state index in [1.165, 1.54) is 6.07 Å². The largest absolute Gasteiger partial charge is 0.320 e. The van der Waals surface area contributed by atoms with Crippen molar-refractivity contribution in [2.75, 3.05) is 11.3 Å². The third-order valence-electron chi connectivity index (χ3n) is 2.07. The van der Waals surface area contributed by atoms with Gasteiger partial charge >= 0.3 is 0 Å². The average molecular weight is 293 g/mol. The molecule has 0 saturated carbocycles. The van der Waals surface area contributed by atoms with Crippen LogP contribution in [0.15, 0.2) is 39.9 Å². The van der Waals surface area contributed by atoms with Crippen LogP contribution in [0.25, 0.3) is 0 Å². The number of aromatic nitrogens is 1. The van der Waals surface area contributed by atoms with Crippen molar-refractivity contribution in [3.63, 3.8) is 0 Å².